The van der Waals surface area contributed by atoms with Crippen LogP contribution < -0.4 is 5.73 Å². The Morgan fingerprint density at radius 3 is 2.07 bits per heavy atom. The van der Waals surface area contributed by atoms with Gasteiger partial charge in [-0.15, -0.1) is 12.4 Å². The van der Waals surface area contributed by atoms with Gasteiger partial charge < -0.3 is 5.73 Å². The van der Waals surface area contributed by atoms with Gasteiger partial charge in [-0.05, 0) is 29.7 Å². The first-order valence-corrected chi connectivity index (χ1v) is 5.51. The molecule has 0 aliphatic carbocycles. The number of benzene rings is 1. The van der Waals surface area contributed by atoms with Gasteiger partial charge in [-0.1, -0.05) is 43.5 Å². The second-order valence-corrected chi connectivity index (χ2v) is 4.49. The molecule has 0 aliphatic rings. The minimum absolute atomic E-state index is 0. The highest BCUT2D eigenvalue weighted by Crippen LogP contribution is 2.27. The molecule has 0 spiro atoms. The van der Waals surface area contributed by atoms with Gasteiger partial charge in [0.05, 0.1) is 0 Å². The molecule has 0 aromatic heterocycles. The number of halogens is 3. The molecular weight excluding hydrogens is 252 g/mol. The van der Waals surface area contributed by atoms with Gasteiger partial charge >= 0.3 is 0 Å². The van der Waals surface area contributed by atoms with E-state index in [9.17, 15) is 0 Å². The molecule has 1 unspecified atom stereocenters. The fraction of sp³-hybridized carbons (Fsp3) is 0.455. The summed E-state index contributed by atoms with van der Waals surface area (Å²) in [4.78, 5) is 0. The van der Waals surface area contributed by atoms with E-state index in [1.165, 1.54) is 0 Å². The first-order valence-electron chi connectivity index (χ1n) is 4.76. The smallest absolute Gasteiger partial charge is 0.0424 e. The summed E-state index contributed by atoms with van der Waals surface area (Å²) in [6, 6.07) is 5.49. The molecule has 1 aromatic carbocycles. The zero-order chi connectivity index (χ0) is 10.7. The SMILES string of the molecule is CCC(C)[C@@H](N)c1cc(Cl)cc(Cl)c1.Cl. The molecule has 0 heterocycles. The molecule has 15 heavy (non-hydrogen) atoms. The largest absolute Gasteiger partial charge is 0.324 e. The molecule has 1 aromatic rings. The van der Waals surface area contributed by atoms with E-state index in [0.29, 0.717) is 16.0 Å². The first-order chi connectivity index (χ1) is 6.54. The van der Waals surface area contributed by atoms with Crippen molar-refractivity contribution >= 4 is 35.6 Å². The Hall–Kier alpha value is 0.0500. The molecule has 1 nitrogen and oxygen atoms in total. The zero-order valence-electron chi connectivity index (χ0n) is 8.84. The Balaban J connectivity index is 0.00000196. The topological polar surface area (TPSA) is 26.0 Å². The molecular formula is C11H16Cl3N. The lowest BCUT2D eigenvalue weighted by molar-refractivity contribution is 0.457. The third-order valence-electron chi connectivity index (χ3n) is 2.53. The molecule has 2 N–H and O–H groups in total. The van der Waals surface area contributed by atoms with E-state index in [1.807, 2.05) is 12.1 Å². The average Bonchev–Trinajstić information content (AvgIpc) is 2.14. The van der Waals surface area contributed by atoms with Crippen molar-refractivity contribution in [3.8, 4) is 0 Å². The van der Waals surface area contributed by atoms with Crippen molar-refractivity contribution in [2.24, 2.45) is 11.7 Å². The molecule has 0 bridgehead atoms. The van der Waals surface area contributed by atoms with Crippen molar-refractivity contribution in [3.63, 3.8) is 0 Å². The minimum Gasteiger partial charge on any atom is -0.324 e. The third-order valence-corrected chi connectivity index (χ3v) is 2.96. The summed E-state index contributed by atoms with van der Waals surface area (Å²) in [5.41, 5.74) is 7.08. The lowest BCUT2D eigenvalue weighted by Gasteiger charge is -2.19. The lowest BCUT2D eigenvalue weighted by Crippen LogP contribution is -2.18. The number of hydrogen-bond acceptors (Lipinski definition) is 1. The molecule has 4 heteroatoms. The van der Waals surface area contributed by atoms with Gasteiger partial charge in [-0.25, -0.2) is 0 Å². The number of hydrogen-bond donors (Lipinski definition) is 1. The summed E-state index contributed by atoms with van der Waals surface area (Å²) in [5.74, 6) is 0.435. The number of rotatable bonds is 3. The second kappa shape index (κ2) is 6.59. The van der Waals surface area contributed by atoms with Crippen molar-refractivity contribution in [1.82, 2.24) is 0 Å². The molecule has 1 rings (SSSR count). The van der Waals surface area contributed by atoms with Crippen LogP contribution in [-0.4, -0.2) is 0 Å². The van der Waals surface area contributed by atoms with Crippen LogP contribution in [0.25, 0.3) is 0 Å². The second-order valence-electron chi connectivity index (χ2n) is 3.61. The molecule has 2 atom stereocenters. The van der Waals surface area contributed by atoms with Crippen molar-refractivity contribution in [3.05, 3.63) is 33.8 Å². The zero-order valence-corrected chi connectivity index (χ0v) is 11.2. The Kier molecular flexibility index (Phi) is 6.62. The molecule has 86 valence electrons. The Morgan fingerprint density at radius 1 is 1.20 bits per heavy atom. The summed E-state index contributed by atoms with van der Waals surface area (Å²) in [6.07, 6.45) is 1.05. The summed E-state index contributed by atoms with van der Waals surface area (Å²) >= 11 is 11.8. The molecule has 0 amide bonds. The van der Waals surface area contributed by atoms with Crippen LogP contribution in [0.15, 0.2) is 18.2 Å². The molecule has 0 aliphatic heterocycles. The van der Waals surface area contributed by atoms with Gasteiger partial charge in [0.1, 0.15) is 0 Å². The maximum absolute atomic E-state index is 6.07. The first kappa shape index (κ1) is 15.0. The standard InChI is InChI=1S/C11H15Cl2N.ClH/c1-3-7(2)11(14)8-4-9(12)6-10(13)5-8;/h4-7,11H,3,14H2,1-2H3;1H/t7?,11-;/m1./s1. The molecule has 0 saturated carbocycles. The van der Waals surface area contributed by atoms with Crippen LogP contribution in [0.5, 0.6) is 0 Å². The highest BCUT2D eigenvalue weighted by molar-refractivity contribution is 6.34. The normalized spacial score (nSPS) is 14.2. The maximum atomic E-state index is 6.07. The molecule has 0 saturated heterocycles. The van der Waals surface area contributed by atoms with Gasteiger partial charge in [0.15, 0.2) is 0 Å². The quantitative estimate of drug-likeness (QED) is 0.860. The van der Waals surface area contributed by atoms with Gasteiger partial charge in [0.25, 0.3) is 0 Å². The summed E-state index contributed by atoms with van der Waals surface area (Å²) in [7, 11) is 0. The number of nitrogens with two attached hydrogens (primary N) is 1. The maximum Gasteiger partial charge on any atom is 0.0424 e. The van der Waals surface area contributed by atoms with Crippen LogP contribution in [0, 0.1) is 5.92 Å². The van der Waals surface area contributed by atoms with Crippen molar-refractivity contribution in [1.29, 1.82) is 0 Å². The van der Waals surface area contributed by atoms with E-state index in [2.05, 4.69) is 13.8 Å². The van der Waals surface area contributed by atoms with E-state index in [0.717, 1.165) is 12.0 Å². The van der Waals surface area contributed by atoms with E-state index < -0.39 is 0 Å². The molecule has 0 fully saturated rings. The highest BCUT2D eigenvalue weighted by Gasteiger charge is 2.13. The van der Waals surface area contributed by atoms with Crippen LogP contribution in [0.3, 0.4) is 0 Å². The van der Waals surface area contributed by atoms with E-state index in [1.54, 1.807) is 6.07 Å². The Labute approximate surface area is 107 Å². The van der Waals surface area contributed by atoms with Gasteiger partial charge in [0.2, 0.25) is 0 Å². The fourth-order valence-electron chi connectivity index (χ4n) is 1.35. The van der Waals surface area contributed by atoms with Crippen LogP contribution in [0.2, 0.25) is 10.0 Å². The molecule has 0 radical (unpaired) electrons. The summed E-state index contributed by atoms with van der Waals surface area (Å²) < 4.78 is 0. The monoisotopic (exact) mass is 267 g/mol. The van der Waals surface area contributed by atoms with E-state index in [-0.39, 0.29) is 18.4 Å². The van der Waals surface area contributed by atoms with Crippen LogP contribution in [0.1, 0.15) is 31.9 Å². The summed E-state index contributed by atoms with van der Waals surface area (Å²) in [5, 5.41) is 1.29. The minimum atomic E-state index is 0. The van der Waals surface area contributed by atoms with Crippen LogP contribution in [-0.2, 0) is 0 Å². The van der Waals surface area contributed by atoms with Crippen molar-refractivity contribution in [2.75, 3.05) is 0 Å². The Morgan fingerprint density at radius 2 is 1.67 bits per heavy atom. The lowest BCUT2D eigenvalue weighted by atomic mass is 9.93. The van der Waals surface area contributed by atoms with Gasteiger partial charge in [-0.2, -0.15) is 0 Å². The van der Waals surface area contributed by atoms with Crippen molar-refractivity contribution in [2.45, 2.75) is 26.3 Å². The van der Waals surface area contributed by atoms with Gasteiger partial charge in [0, 0.05) is 16.1 Å². The summed E-state index contributed by atoms with van der Waals surface area (Å²) in [6.45, 7) is 4.25. The van der Waals surface area contributed by atoms with Gasteiger partial charge in [-0.3, -0.25) is 0 Å². The predicted octanol–water partition coefficient (Wildman–Crippen LogP) is 4.46. The van der Waals surface area contributed by atoms with Crippen LogP contribution >= 0.6 is 35.6 Å². The Bertz CT molecular complexity index is 294. The highest BCUT2D eigenvalue weighted by atomic mass is 35.5. The fourth-order valence-corrected chi connectivity index (χ4v) is 1.89. The van der Waals surface area contributed by atoms with E-state index >= 15 is 0 Å². The third kappa shape index (κ3) is 4.20. The van der Waals surface area contributed by atoms with Crippen LogP contribution in [0.4, 0.5) is 0 Å². The van der Waals surface area contributed by atoms with E-state index in [4.69, 9.17) is 28.9 Å². The van der Waals surface area contributed by atoms with Crippen molar-refractivity contribution < 1.29 is 0 Å². The average molecular weight is 269 g/mol. The predicted molar refractivity (Wildman–Crippen MR) is 70.1 cm³/mol.